The van der Waals surface area contributed by atoms with Crippen LogP contribution in [-0.2, 0) is 28.9 Å². The van der Waals surface area contributed by atoms with Gasteiger partial charge < -0.3 is 5.32 Å². The summed E-state index contributed by atoms with van der Waals surface area (Å²) >= 11 is 0. The van der Waals surface area contributed by atoms with E-state index in [4.69, 9.17) is 0 Å². The van der Waals surface area contributed by atoms with Crippen LogP contribution in [0.15, 0.2) is 90.2 Å². The van der Waals surface area contributed by atoms with Gasteiger partial charge in [0.2, 0.25) is 10.0 Å². The summed E-state index contributed by atoms with van der Waals surface area (Å²) in [4.78, 5) is 20.9. The van der Waals surface area contributed by atoms with Crippen molar-refractivity contribution in [2.24, 2.45) is 0 Å². The van der Waals surface area contributed by atoms with Gasteiger partial charge in [-0.25, -0.2) is 22.6 Å². The number of halogens is 6. The molecule has 0 fully saturated rings. The number of benzene rings is 2. The van der Waals surface area contributed by atoms with Crippen LogP contribution in [0.2, 0.25) is 0 Å². The predicted molar refractivity (Wildman–Crippen MR) is 141 cm³/mol. The number of carbonyl (C=O) groups is 1. The third kappa shape index (κ3) is 6.49. The van der Waals surface area contributed by atoms with E-state index in [1.54, 1.807) is 12.1 Å². The molecule has 9 nitrogen and oxygen atoms in total. The second-order valence-electron chi connectivity index (χ2n) is 9.06. The number of hydrogen-bond acceptors (Lipinski definition) is 6. The van der Waals surface area contributed by atoms with Gasteiger partial charge in [-0.15, -0.1) is 0 Å². The molecule has 43 heavy (non-hydrogen) atoms. The predicted octanol–water partition coefficient (Wildman–Crippen LogP) is 5.56. The Bertz CT molecular complexity index is 1910. The molecule has 222 valence electrons. The van der Waals surface area contributed by atoms with E-state index in [9.17, 15) is 39.6 Å². The molecule has 0 bridgehead atoms. The molecule has 3 heterocycles. The molecule has 3 aromatic heterocycles. The highest BCUT2D eigenvalue weighted by molar-refractivity contribution is 7.89. The van der Waals surface area contributed by atoms with Gasteiger partial charge in [-0.1, -0.05) is 18.2 Å². The zero-order valence-electron chi connectivity index (χ0n) is 21.5. The van der Waals surface area contributed by atoms with Crippen LogP contribution in [0.25, 0.3) is 16.9 Å². The fourth-order valence-corrected chi connectivity index (χ4v) is 5.07. The molecule has 0 aliphatic carbocycles. The first kappa shape index (κ1) is 29.7. The Morgan fingerprint density at radius 1 is 0.884 bits per heavy atom. The summed E-state index contributed by atoms with van der Waals surface area (Å²) in [5, 5.41) is 6.08. The monoisotopic (exact) mass is 620 g/mol. The fourth-order valence-electron chi connectivity index (χ4n) is 4.00. The van der Waals surface area contributed by atoms with Gasteiger partial charge in [0.05, 0.1) is 22.3 Å². The van der Waals surface area contributed by atoms with Gasteiger partial charge in [0.15, 0.2) is 11.3 Å². The van der Waals surface area contributed by atoms with E-state index < -0.39 is 50.8 Å². The number of amides is 1. The maximum absolute atomic E-state index is 13.9. The number of fused-ring (bicyclic) bond motifs is 1. The number of rotatable bonds is 7. The zero-order valence-corrected chi connectivity index (χ0v) is 22.3. The Hall–Kier alpha value is -4.83. The van der Waals surface area contributed by atoms with Crippen molar-refractivity contribution in [3.63, 3.8) is 0 Å². The number of nitrogens with zero attached hydrogens (tertiary/aromatic N) is 4. The molecule has 0 aliphatic heterocycles. The largest absolute Gasteiger partial charge is 0.433 e. The molecule has 2 aromatic carbocycles. The van der Waals surface area contributed by atoms with Gasteiger partial charge in [0.1, 0.15) is 5.56 Å². The number of anilines is 1. The molecule has 0 radical (unpaired) electrons. The number of carbonyl (C=O) groups excluding carboxylic acids is 1. The van der Waals surface area contributed by atoms with Crippen LogP contribution < -0.4 is 10.0 Å². The lowest BCUT2D eigenvalue weighted by atomic mass is 10.1. The van der Waals surface area contributed by atoms with Crippen LogP contribution in [0, 0.1) is 0 Å². The minimum atomic E-state index is -4.96. The summed E-state index contributed by atoms with van der Waals surface area (Å²) in [7, 11) is -4.02. The molecule has 5 aromatic rings. The molecule has 0 saturated carbocycles. The van der Waals surface area contributed by atoms with Crippen molar-refractivity contribution in [2.45, 2.75) is 23.8 Å². The standard InChI is InChI=1S/C27H18F6N6O3S/c28-26(29,30)18-6-4-17(5-7-18)22-13-23(27(31,32)33)39-24(38-22)21(15-35-39)25(40)37-19-2-1-3-20(12-19)43(41,42)36-14-16-8-10-34-11-9-16/h1-13,15,36H,14H2,(H,37,40). The number of alkyl halides is 6. The van der Waals surface area contributed by atoms with Gasteiger partial charge in [-0.05, 0) is 54.1 Å². The SMILES string of the molecule is O=C(Nc1cccc(S(=O)(=O)NCc2ccncc2)c1)c1cnn2c(C(F)(F)F)cc(-c3ccc(C(F)(F)F)cc3)nc12. The van der Waals surface area contributed by atoms with E-state index in [1.165, 1.54) is 30.6 Å². The summed E-state index contributed by atoms with van der Waals surface area (Å²) < 4.78 is 109. The Labute approximate surface area is 239 Å². The summed E-state index contributed by atoms with van der Waals surface area (Å²) in [5.41, 5.74) is -3.01. The second kappa shape index (κ2) is 11.1. The Morgan fingerprint density at radius 2 is 1.58 bits per heavy atom. The number of pyridine rings is 1. The summed E-state index contributed by atoms with van der Waals surface area (Å²) in [6.07, 6.45) is -5.78. The highest BCUT2D eigenvalue weighted by Gasteiger charge is 2.36. The van der Waals surface area contributed by atoms with Gasteiger partial charge in [-0.2, -0.15) is 31.4 Å². The van der Waals surface area contributed by atoms with Crippen LogP contribution in [-0.4, -0.2) is 33.9 Å². The first-order valence-electron chi connectivity index (χ1n) is 12.2. The molecule has 0 saturated heterocycles. The average Bonchev–Trinajstić information content (AvgIpc) is 3.40. The van der Waals surface area contributed by atoms with E-state index >= 15 is 0 Å². The van der Waals surface area contributed by atoms with Crippen molar-refractivity contribution < 1.29 is 39.6 Å². The van der Waals surface area contributed by atoms with Crippen molar-refractivity contribution in [3.8, 4) is 11.3 Å². The normalized spacial score (nSPS) is 12.4. The van der Waals surface area contributed by atoms with Gasteiger partial charge in [0.25, 0.3) is 5.91 Å². The maximum Gasteiger partial charge on any atom is 0.433 e. The van der Waals surface area contributed by atoms with Crippen LogP contribution in [0.1, 0.15) is 27.2 Å². The van der Waals surface area contributed by atoms with E-state index in [0.29, 0.717) is 28.3 Å². The smallest absolute Gasteiger partial charge is 0.322 e. The first-order valence-corrected chi connectivity index (χ1v) is 13.6. The van der Waals surface area contributed by atoms with Crippen LogP contribution >= 0.6 is 0 Å². The topological polar surface area (TPSA) is 118 Å². The number of nitrogens with one attached hydrogen (secondary N) is 2. The Balaban J connectivity index is 1.45. The lowest BCUT2D eigenvalue weighted by Gasteiger charge is -2.12. The van der Waals surface area contributed by atoms with E-state index in [1.807, 2.05) is 0 Å². The van der Waals surface area contributed by atoms with E-state index in [2.05, 4.69) is 25.1 Å². The third-order valence-corrected chi connectivity index (χ3v) is 7.53. The minimum Gasteiger partial charge on any atom is -0.322 e. The van der Waals surface area contributed by atoms with E-state index in [-0.39, 0.29) is 28.4 Å². The van der Waals surface area contributed by atoms with Crippen molar-refractivity contribution in [2.75, 3.05) is 5.32 Å². The molecule has 2 N–H and O–H groups in total. The van der Waals surface area contributed by atoms with E-state index in [0.717, 1.165) is 24.4 Å². The molecule has 0 unspecified atom stereocenters. The molecule has 0 spiro atoms. The van der Waals surface area contributed by atoms with Crippen molar-refractivity contribution in [1.82, 2.24) is 24.3 Å². The molecule has 5 rings (SSSR count). The quantitative estimate of drug-likeness (QED) is 0.230. The second-order valence-corrected chi connectivity index (χ2v) is 10.8. The minimum absolute atomic E-state index is 0.00563. The van der Waals surface area contributed by atoms with Crippen molar-refractivity contribution >= 4 is 27.3 Å². The molecule has 16 heteroatoms. The number of hydrogen-bond donors (Lipinski definition) is 2. The van der Waals surface area contributed by atoms with Gasteiger partial charge in [0, 0.05) is 30.2 Å². The van der Waals surface area contributed by atoms with Crippen molar-refractivity contribution in [1.29, 1.82) is 0 Å². The highest BCUT2D eigenvalue weighted by atomic mass is 32.2. The zero-order chi connectivity index (χ0) is 31.0. The molecule has 0 atom stereocenters. The summed E-state index contributed by atoms with van der Waals surface area (Å²) in [5.74, 6) is -0.959. The molecule has 1 amide bonds. The number of aromatic nitrogens is 4. The third-order valence-electron chi connectivity index (χ3n) is 6.13. The first-order chi connectivity index (χ1) is 20.2. The Morgan fingerprint density at radius 3 is 2.23 bits per heavy atom. The fraction of sp³-hybridized carbons (Fsp3) is 0.111. The average molecular weight is 621 g/mol. The maximum atomic E-state index is 13.9. The molecular weight excluding hydrogens is 602 g/mol. The van der Waals surface area contributed by atoms with Crippen molar-refractivity contribution in [3.05, 3.63) is 108 Å². The highest BCUT2D eigenvalue weighted by Crippen LogP contribution is 2.34. The summed E-state index contributed by atoms with van der Waals surface area (Å²) in [6.45, 7) is -0.0295. The van der Waals surface area contributed by atoms with Gasteiger partial charge >= 0.3 is 12.4 Å². The number of sulfonamides is 1. The van der Waals surface area contributed by atoms with Crippen LogP contribution in [0.4, 0.5) is 32.0 Å². The lowest BCUT2D eigenvalue weighted by molar-refractivity contribution is -0.142. The van der Waals surface area contributed by atoms with Crippen LogP contribution in [0.3, 0.4) is 0 Å². The molecule has 0 aliphatic rings. The van der Waals surface area contributed by atoms with Crippen LogP contribution in [0.5, 0.6) is 0 Å². The molecular formula is C27H18F6N6O3S. The lowest BCUT2D eigenvalue weighted by Crippen LogP contribution is -2.23. The summed E-state index contributed by atoms with van der Waals surface area (Å²) in [6, 6.07) is 12.3. The Kier molecular flexibility index (Phi) is 7.66. The van der Waals surface area contributed by atoms with Gasteiger partial charge in [-0.3, -0.25) is 9.78 Å².